The van der Waals surface area contributed by atoms with Gasteiger partial charge in [0.1, 0.15) is 5.75 Å². The first-order valence-electron chi connectivity index (χ1n) is 5.70. The Hall–Kier alpha value is -1.52. The van der Waals surface area contributed by atoms with Gasteiger partial charge in [-0.05, 0) is 31.0 Å². The normalized spacial score (nSPS) is 12.4. The zero-order valence-corrected chi connectivity index (χ0v) is 11.2. The highest BCUT2D eigenvalue weighted by molar-refractivity contribution is 7.90. The number of hydrogen-bond donors (Lipinski definition) is 0. The summed E-state index contributed by atoms with van der Waals surface area (Å²) in [5.74, 6) is 0.368. The van der Waals surface area contributed by atoms with Gasteiger partial charge in [0.05, 0.1) is 17.2 Å². The highest BCUT2D eigenvalue weighted by Crippen LogP contribution is 2.16. The summed E-state index contributed by atoms with van der Waals surface area (Å²) in [7, 11) is 0. The van der Waals surface area contributed by atoms with E-state index in [1.807, 2.05) is 32.0 Å². The molecular formula is C14H15NO2S. The van der Waals surface area contributed by atoms with E-state index in [0.717, 1.165) is 5.56 Å². The topological polar surface area (TPSA) is 50.0 Å². The molecular weight excluding hydrogens is 246 g/mol. The third kappa shape index (κ3) is 2.83. The molecule has 3 nitrogen and oxygen atoms in total. The zero-order chi connectivity index (χ0) is 13.1. The van der Waals surface area contributed by atoms with Gasteiger partial charge in [-0.15, -0.1) is 4.73 Å². The lowest BCUT2D eigenvalue weighted by atomic mass is 10.1. The van der Waals surface area contributed by atoms with E-state index in [0.29, 0.717) is 15.5 Å². The van der Waals surface area contributed by atoms with Crippen molar-refractivity contribution in [2.45, 2.75) is 24.6 Å². The Kier molecular flexibility index (Phi) is 3.89. The molecule has 0 aliphatic rings. The number of aromatic nitrogens is 1. The summed E-state index contributed by atoms with van der Waals surface area (Å²) in [6, 6.07) is 10.9. The molecule has 1 aromatic carbocycles. The van der Waals surface area contributed by atoms with Crippen molar-refractivity contribution < 1.29 is 9.28 Å². The van der Waals surface area contributed by atoms with Gasteiger partial charge in [-0.25, -0.2) is 0 Å². The van der Waals surface area contributed by atoms with Gasteiger partial charge in [-0.2, -0.15) is 0 Å². The first-order chi connectivity index (χ1) is 8.58. The van der Waals surface area contributed by atoms with Crippen LogP contribution in [-0.4, -0.2) is 4.55 Å². The Morgan fingerprint density at radius 3 is 2.56 bits per heavy atom. The van der Waals surface area contributed by atoms with E-state index in [-0.39, 0.29) is 0 Å². The van der Waals surface area contributed by atoms with Gasteiger partial charge in [-0.1, -0.05) is 18.2 Å². The number of pyridine rings is 1. The molecule has 0 spiro atoms. The van der Waals surface area contributed by atoms with Gasteiger partial charge in [0.25, 0.3) is 0 Å². The summed E-state index contributed by atoms with van der Waals surface area (Å²) >= 11 is -1.31. The average molecular weight is 261 g/mol. The summed E-state index contributed by atoms with van der Waals surface area (Å²) in [4.78, 5) is 0. The molecule has 0 amide bonds. The molecule has 18 heavy (non-hydrogen) atoms. The third-order valence-corrected chi connectivity index (χ3v) is 4.27. The third-order valence-electron chi connectivity index (χ3n) is 2.89. The molecule has 0 saturated carbocycles. The quantitative estimate of drug-likeness (QED) is 0.483. The van der Waals surface area contributed by atoms with Crippen molar-refractivity contribution in [3.63, 3.8) is 0 Å². The van der Waals surface area contributed by atoms with Crippen LogP contribution in [-0.2, 0) is 16.9 Å². The van der Waals surface area contributed by atoms with Gasteiger partial charge in [0.15, 0.2) is 6.20 Å². The molecule has 1 unspecified atom stereocenters. The largest absolute Gasteiger partial charge is 0.615 e. The number of nitrogens with zero attached hydrogens (tertiary/aromatic N) is 1. The molecule has 1 aromatic heterocycles. The first kappa shape index (κ1) is 12.9. The van der Waals surface area contributed by atoms with Gasteiger partial charge >= 0.3 is 5.03 Å². The predicted molar refractivity (Wildman–Crippen MR) is 71.4 cm³/mol. The van der Waals surface area contributed by atoms with Crippen LogP contribution in [0.15, 0.2) is 47.6 Å². The Bertz CT molecular complexity index is 557. The van der Waals surface area contributed by atoms with Crippen molar-refractivity contribution in [3.05, 3.63) is 64.5 Å². The van der Waals surface area contributed by atoms with Gasteiger partial charge in [-0.3, -0.25) is 0 Å². The summed E-state index contributed by atoms with van der Waals surface area (Å²) in [5.41, 5.74) is 3.37. The maximum atomic E-state index is 12.1. The Balaban J connectivity index is 2.19. The molecule has 2 rings (SSSR count). The highest BCUT2D eigenvalue weighted by Gasteiger charge is 2.20. The molecule has 0 radical (unpaired) electrons. The van der Waals surface area contributed by atoms with Gasteiger partial charge < -0.3 is 9.76 Å². The fraction of sp³-hybridized carbons (Fsp3) is 0.214. The van der Waals surface area contributed by atoms with Crippen molar-refractivity contribution in [2.24, 2.45) is 0 Å². The molecule has 4 heteroatoms. The zero-order valence-electron chi connectivity index (χ0n) is 10.4. The van der Waals surface area contributed by atoms with Crippen molar-refractivity contribution in [2.75, 3.05) is 0 Å². The summed E-state index contributed by atoms with van der Waals surface area (Å²) in [5, 5.41) is 11.8. The van der Waals surface area contributed by atoms with Crippen LogP contribution in [0.5, 0.6) is 0 Å². The standard InChI is InChI=1S/C14H15NO2S/c1-11-6-7-13(9-12(11)2)10-18(17)14-5-3-4-8-15(14)16/h3-9H,10H2,1-2H3. The van der Waals surface area contributed by atoms with Crippen LogP contribution in [0.25, 0.3) is 0 Å². The summed E-state index contributed by atoms with van der Waals surface area (Å²) in [6.07, 6.45) is 1.37. The van der Waals surface area contributed by atoms with Crippen LogP contribution in [0.3, 0.4) is 0 Å². The van der Waals surface area contributed by atoms with Gasteiger partial charge in [0, 0.05) is 11.6 Å². The van der Waals surface area contributed by atoms with E-state index in [4.69, 9.17) is 0 Å². The van der Waals surface area contributed by atoms with E-state index < -0.39 is 11.2 Å². The van der Waals surface area contributed by atoms with E-state index in [1.165, 1.54) is 17.3 Å². The van der Waals surface area contributed by atoms with E-state index >= 15 is 0 Å². The number of benzene rings is 1. The van der Waals surface area contributed by atoms with E-state index in [2.05, 4.69) is 0 Å². The summed E-state index contributed by atoms with van der Waals surface area (Å²) in [6.45, 7) is 4.07. The van der Waals surface area contributed by atoms with Crippen molar-refractivity contribution in [1.82, 2.24) is 0 Å². The van der Waals surface area contributed by atoms with Crippen LogP contribution >= 0.6 is 0 Å². The number of rotatable bonds is 3. The molecule has 0 saturated heterocycles. The molecule has 0 aliphatic carbocycles. The highest BCUT2D eigenvalue weighted by atomic mass is 32.2. The van der Waals surface area contributed by atoms with E-state index in [9.17, 15) is 9.76 Å². The molecule has 0 fully saturated rings. The Morgan fingerprint density at radius 1 is 1.11 bits per heavy atom. The Labute approximate surface area is 110 Å². The van der Waals surface area contributed by atoms with Crippen LogP contribution < -0.4 is 4.73 Å². The molecule has 0 aliphatic heterocycles. The van der Waals surface area contributed by atoms with Crippen LogP contribution in [0.4, 0.5) is 0 Å². The lowest BCUT2D eigenvalue weighted by Crippen LogP contribution is -2.33. The number of hydrogen-bond acceptors (Lipinski definition) is 2. The van der Waals surface area contributed by atoms with Crippen LogP contribution in [0.2, 0.25) is 0 Å². The lowest BCUT2D eigenvalue weighted by Gasteiger charge is -2.10. The predicted octanol–water partition coefficient (Wildman–Crippen LogP) is 2.24. The van der Waals surface area contributed by atoms with Crippen molar-refractivity contribution in [3.8, 4) is 0 Å². The fourth-order valence-corrected chi connectivity index (χ4v) is 2.83. The second kappa shape index (κ2) is 5.42. The fourth-order valence-electron chi connectivity index (χ4n) is 1.71. The van der Waals surface area contributed by atoms with Crippen molar-refractivity contribution in [1.29, 1.82) is 0 Å². The maximum Gasteiger partial charge on any atom is 0.393 e. The molecule has 94 valence electrons. The first-order valence-corrected chi connectivity index (χ1v) is 7.02. The minimum Gasteiger partial charge on any atom is -0.615 e. The average Bonchev–Trinajstić information content (AvgIpc) is 2.34. The van der Waals surface area contributed by atoms with E-state index in [1.54, 1.807) is 18.2 Å². The molecule has 0 N–H and O–H groups in total. The SMILES string of the molecule is Cc1ccc(C[S+]([O-])c2cccc[n+]2[O-])cc1C. The van der Waals surface area contributed by atoms with Crippen LogP contribution in [0.1, 0.15) is 16.7 Å². The number of aryl methyl sites for hydroxylation is 2. The second-order valence-electron chi connectivity index (χ2n) is 4.27. The maximum absolute atomic E-state index is 12.1. The molecule has 1 atom stereocenters. The molecule has 1 heterocycles. The van der Waals surface area contributed by atoms with Crippen LogP contribution in [0, 0.1) is 19.1 Å². The van der Waals surface area contributed by atoms with Crippen molar-refractivity contribution >= 4 is 11.2 Å². The molecule has 2 aromatic rings. The minimum atomic E-state index is -1.31. The molecule has 0 bridgehead atoms. The smallest absolute Gasteiger partial charge is 0.393 e. The monoisotopic (exact) mass is 261 g/mol. The lowest BCUT2D eigenvalue weighted by molar-refractivity contribution is -0.646. The second-order valence-corrected chi connectivity index (χ2v) is 5.67. The van der Waals surface area contributed by atoms with Gasteiger partial charge in [0.2, 0.25) is 0 Å². The summed E-state index contributed by atoms with van der Waals surface area (Å²) < 4.78 is 12.8. The minimum absolute atomic E-state index is 0.302. The Morgan fingerprint density at radius 2 is 1.89 bits per heavy atom.